The zero-order valence-electron chi connectivity index (χ0n) is 8.50. The highest BCUT2D eigenvalue weighted by Crippen LogP contribution is 2.15. The first-order valence-corrected chi connectivity index (χ1v) is 4.83. The maximum Gasteiger partial charge on any atom is 0.267 e. The second-order valence-corrected chi connectivity index (χ2v) is 3.36. The molecular weight excluding hydrogens is 182 g/mol. The lowest BCUT2D eigenvalue weighted by Crippen LogP contribution is -2.22. The van der Waals surface area contributed by atoms with Gasteiger partial charge in [0.1, 0.15) is 0 Å². The Morgan fingerprint density at radius 2 is 2.36 bits per heavy atom. The van der Waals surface area contributed by atoms with Crippen molar-refractivity contribution in [1.29, 1.82) is 0 Å². The number of rotatable bonds is 4. The Kier molecular flexibility index (Phi) is 3.68. The van der Waals surface area contributed by atoms with E-state index in [2.05, 4.69) is 12.2 Å². The Morgan fingerprint density at radius 1 is 1.64 bits per heavy atom. The van der Waals surface area contributed by atoms with Crippen molar-refractivity contribution in [2.24, 2.45) is 0 Å². The molecule has 1 aliphatic rings. The molecule has 4 nitrogen and oxygen atoms in total. The van der Waals surface area contributed by atoms with E-state index in [1.54, 1.807) is 0 Å². The van der Waals surface area contributed by atoms with Gasteiger partial charge in [0.25, 0.3) is 5.91 Å². The molecule has 1 amide bonds. The number of amides is 1. The van der Waals surface area contributed by atoms with Gasteiger partial charge in [0.05, 0.1) is 0 Å². The Bertz CT molecular complexity index is 271. The third-order valence-corrected chi connectivity index (χ3v) is 1.96. The number of nitrogens with one attached hydrogen (secondary N) is 1. The fraction of sp³-hybridized carbons (Fsp3) is 0.600. The Morgan fingerprint density at radius 3 is 2.93 bits per heavy atom. The molecule has 1 heterocycles. The van der Waals surface area contributed by atoms with Gasteiger partial charge in [0.15, 0.2) is 17.8 Å². The number of hydrogen-bond acceptors (Lipinski definition) is 3. The molecule has 1 fully saturated rings. The molecule has 1 atom stereocenters. The van der Waals surface area contributed by atoms with Gasteiger partial charge in [-0.2, -0.15) is 0 Å². The van der Waals surface area contributed by atoms with Crippen molar-refractivity contribution in [1.82, 2.24) is 5.32 Å². The largest absolute Gasteiger partial charge is 0.465 e. The SMILES string of the molecule is CCCCC1O/C(=C/C(C)=O)NC1=O. The van der Waals surface area contributed by atoms with Crippen LogP contribution in [0.5, 0.6) is 0 Å². The van der Waals surface area contributed by atoms with E-state index in [0.717, 1.165) is 12.8 Å². The Hall–Kier alpha value is -1.32. The number of ketones is 1. The maximum absolute atomic E-state index is 11.3. The van der Waals surface area contributed by atoms with Crippen LogP contribution in [0.25, 0.3) is 0 Å². The van der Waals surface area contributed by atoms with E-state index < -0.39 is 6.10 Å². The zero-order chi connectivity index (χ0) is 10.6. The number of allylic oxidation sites excluding steroid dienone is 1. The molecule has 0 bridgehead atoms. The van der Waals surface area contributed by atoms with E-state index in [4.69, 9.17) is 4.74 Å². The smallest absolute Gasteiger partial charge is 0.267 e. The molecule has 0 saturated carbocycles. The molecule has 1 rings (SSSR count). The summed E-state index contributed by atoms with van der Waals surface area (Å²) in [6.45, 7) is 3.47. The molecule has 0 radical (unpaired) electrons. The molecule has 1 saturated heterocycles. The van der Waals surface area contributed by atoms with E-state index in [9.17, 15) is 9.59 Å². The lowest BCUT2D eigenvalue weighted by molar-refractivity contribution is -0.123. The summed E-state index contributed by atoms with van der Waals surface area (Å²) >= 11 is 0. The molecule has 1 aliphatic heterocycles. The highest BCUT2D eigenvalue weighted by atomic mass is 16.5. The van der Waals surface area contributed by atoms with Gasteiger partial charge in [-0.1, -0.05) is 13.3 Å². The van der Waals surface area contributed by atoms with Crippen LogP contribution < -0.4 is 5.32 Å². The predicted octanol–water partition coefficient (Wildman–Crippen LogP) is 1.12. The molecule has 4 heteroatoms. The van der Waals surface area contributed by atoms with Gasteiger partial charge in [-0.3, -0.25) is 14.9 Å². The summed E-state index contributed by atoms with van der Waals surface area (Å²) in [5.74, 6) is 0.00555. The Balaban J connectivity index is 2.51. The van der Waals surface area contributed by atoms with E-state index in [-0.39, 0.29) is 17.6 Å². The summed E-state index contributed by atoms with van der Waals surface area (Å²) in [4.78, 5) is 22.0. The molecule has 0 aliphatic carbocycles. The van der Waals surface area contributed by atoms with E-state index in [1.165, 1.54) is 13.0 Å². The van der Waals surface area contributed by atoms with Gasteiger partial charge in [0.2, 0.25) is 0 Å². The average Bonchev–Trinajstić information content (AvgIpc) is 2.41. The summed E-state index contributed by atoms with van der Waals surface area (Å²) in [5.41, 5.74) is 0. The summed E-state index contributed by atoms with van der Waals surface area (Å²) < 4.78 is 5.27. The van der Waals surface area contributed by atoms with Crippen molar-refractivity contribution in [2.75, 3.05) is 0 Å². The minimum atomic E-state index is -0.416. The van der Waals surface area contributed by atoms with Crippen molar-refractivity contribution in [3.8, 4) is 0 Å². The third kappa shape index (κ3) is 2.87. The van der Waals surface area contributed by atoms with E-state index >= 15 is 0 Å². The summed E-state index contributed by atoms with van der Waals surface area (Å²) in [7, 11) is 0. The normalized spacial score (nSPS) is 23.4. The standard InChI is InChI=1S/C10H15NO3/c1-3-4-5-8-10(13)11-9(14-8)6-7(2)12/h6,8H,3-5H2,1-2H3,(H,11,13)/b9-6+. The fourth-order valence-electron chi connectivity index (χ4n) is 1.27. The second kappa shape index (κ2) is 4.79. The number of carbonyl (C=O) groups excluding carboxylic acids is 2. The van der Waals surface area contributed by atoms with Gasteiger partial charge in [0, 0.05) is 6.08 Å². The Labute approximate surface area is 83.3 Å². The van der Waals surface area contributed by atoms with Gasteiger partial charge < -0.3 is 4.74 Å². The fourth-order valence-corrected chi connectivity index (χ4v) is 1.27. The number of unbranched alkanes of at least 4 members (excludes halogenated alkanes) is 1. The first kappa shape index (κ1) is 10.8. The predicted molar refractivity (Wildman–Crippen MR) is 51.3 cm³/mol. The van der Waals surface area contributed by atoms with Crippen molar-refractivity contribution in [2.45, 2.75) is 39.2 Å². The third-order valence-electron chi connectivity index (χ3n) is 1.96. The van der Waals surface area contributed by atoms with Crippen LogP contribution in [-0.2, 0) is 14.3 Å². The molecule has 14 heavy (non-hydrogen) atoms. The summed E-state index contributed by atoms with van der Waals surface area (Å²) in [6.07, 6.45) is 3.56. The topological polar surface area (TPSA) is 55.4 Å². The van der Waals surface area contributed by atoms with E-state index in [1.807, 2.05) is 0 Å². The summed E-state index contributed by atoms with van der Waals surface area (Å²) in [6, 6.07) is 0. The molecule has 0 aromatic carbocycles. The van der Waals surface area contributed by atoms with Crippen LogP contribution in [-0.4, -0.2) is 17.8 Å². The van der Waals surface area contributed by atoms with Gasteiger partial charge >= 0.3 is 0 Å². The number of carbonyl (C=O) groups is 2. The zero-order valence-corrected chi connectivity index (χ0v) is 8.50. The highest BCUT2D eigenvalue weighted by Gasteiger charge is 2.28. The van der Waals surface area contributed by atoms with Crippen LogP contribution >= 0.6 is 0 Å². The molecule has 1 N–H and O–H groups in total. The van der Waals surface area contributed by atoms with Crippen molar-refractivity contribution >= 4 is 11.7 Å². The first-order chi connectivity index (χ1) is 6.63. The minimum Gasteiger partial charge on any atom is -0.465 e. The molecule has 0 spiro atoms. The van der Waals surface area contributed by atoms with Crippen LogP contribution in [0.4, 0.5) is 0 Å². The van der Waals surface area contributed by atoms with Crippen LogP contribution in [0.3, 0.4) is 0 Å². The van der Waals surface area contributed by atoms with Crippen LogP contribution in [0.2, 0.25) is 0 Å². The second-order valence-electron chi connectivity index (χ2n) is 3.36. The highest BCUT2D eigenvalue weighted by molar-refractivity contribution is 5.90. The van der Waals surface area contributed by atoms with Gasteiger partial charge in [-0.15, -0.1) is 0 Å². The molecule has 78 valence electrons. The van der Waals surface area contributed by atoms with Crippen molar-refractivity contribution < 1.29 is 14.3 Å². The van der Waals surface area contributed by atoms with Crippen LogP contribution in [0.1, 0.15) is 33.1 Å². The van der Waals surface area contributed by atoms with Crippen LogP contribution in [0, 0.1) is 0 Å². The average molecular weight is 197 g/mol. The molecule has 1 unspecified atom stereocenters. The quantitative estimate of drug-likeness (QED) is 0.687. The molecular formula is C10H15NO3. The first-order valence-electron chi connectivity index (χ1n) is 4.83. The number of hydrogen-bond donors (Lipinski definition) is 1. The minimum absolute atomic E-state index is 0.128. The van der Waals surface area contributed by atoms with Crippen molar-refractivity contribution in [3.05, 3.63) is 12.0 Å². The monoisotopic (exact) mass is 197 g/mol. The van der Waals surface area contributed by atoms with E-state index in [0.29, 0.717) is 6.42 Å². The number of ether oxygens (including phenoxy) is 1. The lowest BCUT2D eigenvalue weighted by Gasteiger charge is -2.04. The van der Waals surface area contributed by atoms with Crippen molar-refractivity contribution in [3.63, 3.8) is 0 Å². The molecule has 0 aromatic heterocycles. The maximum atomic E-state index is 11.3. The molecule has 0 aromatic rings. The van der Waals surface area contributed by atoms with Gasteiger partial charge in [-0.05, 0) is 19.8 Å². The summed E-state index contributed by atoms with van der Waals surface area (Å²) in [5, 5.41) is 2.52. The van der Waals surface area contributed by atoms with Crippen LogP contribution in [0.15, 0.2) is 12.0 Å². The lowest BCUT2D eigenvalue weighted by atomic mass is 10.1. The van der Waals surface area contributed by atoms with Gasteiger partial charge in [-0.25, -0.2) is 0 Å².